The molecule has 3 nitrogen and oxygen atoms in total. The number of nitrogens with zero attached hydrogens (tertiary/aromatic N) is 1. The maximum absolute atomic E-state index is 5.76. The predicted molar refractivity (Wildman–Crippen MR) is 75.9 cm³/mol. The molecule has 4 heteroatoms. The molecule has 102 valence electrons. The monoisotopic (exact) mass is 271 g/mol. The third-order valence-corrected chi connectivity index (χ3v) is 2.83. The number of benzene rings is 1. The van der Waals surface area contributed by atoms with Crippen LogP contribution in [0.5, 0.6) is 11.5 Å². The summed E-state index contributed by atoms with van der Waals surface area (Å²) in [5.41, 5.74) is 0. The van der Waals surface area contributed by atoms with Crippen LogP contribution in [-0.4, -0.2) is 43.6 Å². The van der Waals surface area contributed by atoms with Gasteiger partial charge < -0.3 is 9.47 Å². The van der Waals surface area contributed by atoms with Gasteiger partial charge in [0.05, 0.1) is 6.61 Å². The Morgan fingerprint density at radius 1 is 1.06 bits per heavy atom. The fourth-order valence-electron chi connectivity index (χ4n) is 1.68. The van der Waals surface area contributed by atoms with Crippen molar-refractivity contribution in [3.8, 4) is 11.5 Å². The minimum atomic E-state index is 0.647. The maximum Gasteiger partial charge on any atom is 0.161 e. The summed E-state index contributed by atoms with van der Waals surface area (Å²) >= 11 is 5.73. The van der Waals surface area contributed by atoms with Crippen LogP contribution in [0.3, 0.4) is 0 Å². The highest BCUT2D eigenvalue weighted by atomic mass is 35.5. The summed E-state index contributed by atoms with van der Waals surface area (Å²) in [5, 5.41) is 0. The fourth-order valence-corrected chi connectivity index (χ4v) is 1.92. The third kappa shape index (κ3) is 5.15. The molecule has 0 amide bonds. The van der Waals surface area contributed by atoms with E-state index in [1.54, 1.807) is 0 Å². The first-order valence-corrected chi connectivity index (χ1v) is 6.98. The van der Waals surface area contributed by atoms with Crippen LogP contribution in [0.15, 0.2) is 24.3 Å². The molecule has 18 heavy (non-hydrogen) atoms. The van der Waals surface area contributed by atoms with E-state index < -0.39 is 0 Å². The standard InChI is InChI=1S/C14H22ClNO2/c1-3-16(10-9-15)11-12-18-14-8-6-5-7-13(14)17-4-2/h5-8H,3-4,9-12H2,1-2H3. The number of rotatable bonds is 9. The largest absolute Gasteiger partial charge is 0.490 e. The summed E-state index contributed by atoms with van der Waals surface area (Å²) in [4.78, 5) is 2.26. The van der Waals surface area contributed by atoms with E-state index >= 15 is 0 Å². The molecule has 0 aliphatic rings. The van der Waals surface area contributed by atoms with Crippen molar-refractivity contribution in [3.05, 3.63) is 24.3 Å². The Kier molecular flexibility index (Phi) is 7.62. The van der Waals surface area contributed by atoms with Crippen LogP contribution in [0, 0.1) is 0 Å². The SMILES string of the molecule is CCOc1ccccc1OCCN(CC)CCCl. The van der Waals surface area contributed by atoms with Gasteiger partial charge in [-0.1, -0.05) is 19.1 Å². The first-order chi connectivity index (χ1) is 8.81. The van der Waals surface area contributed by atoms with Crippen LogP contribution < -0.4 is 9.47 Å². The van der Waals surface area contributed by atoms with Crippen molar-refractivity contribution >= 4 is 11.6 Å². The molecule has 0 aliphatic heterocycles. The van der Waals surface area contributed by atoms with Crippen molar-refractivity contribution in [2.24, 2.45) is 0 Å². The highest BCUT2D eigenvalue weighted by Crippen LogP contribution is 2.26. The molecule has 0 saturated heterocycles. The lowest BCUT2D eigenvalue weighted by molar-refractivity contribution is 0.215. The molecule has 1 aromatic carbocycles. The smallest absolute Gasteiger partial charge is 0.161 e. The molecular weight excluding hydrogens is 250 g/mol. The van der Waals surface area contributed by atoms with E-state index in [4.69, 9.17) is 21.1 Å². The Morgan fingerprint density at radius 3 is 2.28 bits per heavy atom. The number of para-hydroxylation sites is 2. The third-order valence-electron chi connectivity index (χ3n) is 2.66. The van der Waals surface area contributed by atoms with Crippen molar-refractivity contribution < 1.29 is 9.47 Å². The molecule has 1 aromatic rings. The molecule has 0 saturated carbocycles. The lowest BCUT2D eigenvalue weighted by atomic mass is 10.3. The zero-order valence-corrected chi connectivity index (χ0v) is 11.9. The van der Waals surface area contributed by atoms with E-state index in [0.717, 1.165) is 31.1 Å². The quantitative estimate of drug-likeness (QED) is 0.645. The van der Waals surface area contributed by atoms with Crippen LogP contribution in [0.1, 0.15) is 13.8 Å². The van der Waals surface area contributed by atoms with E-state index in [-0.39, 0.29) is 0 Å². The zero-order chi connectivity index (χ0) is 13.2. The summed E-state index contributed by atoms with van der Waals surface area (Å²) < 4.78 is 11.3. The summed E-state index contributed by atoms with van der Waals surface area (Å²) in [6, 6.07) is 7.76. The summed E-state index contributed by atoms with van der Waals surface area (Å²) in [5.74, 6) is 2.27. The topological polar surface area (TPSA) is 21.7 Å². The Labute approximate surface area is 115 Å². The molecule has 0 radical (unpaired) electrons. The normalized spacial score (nSPS) is 10.7. The summed E-state index contributed by atoms with van der Waals surface area (Å²) in [7, 11) is 0. The van der Waals surface area contributed by atoms with E-state index in [2.05, 4.69) is 11.8 Å². The Hall–Kier alpha value is -0.930. The average Bonchev–Trinajstić information content (AvgIpc) is 2.40. The molecule has 0 N–H and O–H groups in total. The minimum absolute atomic E-state index is 0.647. The predicted octanol–water partition coefficient (Wildman–Crippen LogP) is 3.02. The van der Waals surface area contributed by atoms with Crippen LogP contribution in [0.4, 0.5) is 0 Å². The van der Waals surface area contributed by atoms with E-state index in [1.807, 2.05) is 31.2 Å². The van der Waals surface area contributed by atoms with Crippen LogP contribution >= 0.6 is 11.6 Å². The van der Waals surface area contributed by atoms with E-state index in [9.17, 15) is 0 Å². The number of hydrogen-bond acceptors (Lipinski definition) is 3. The Bertz CT molecular complexity index is 333. The number of ether oxygens (including phenoxy) is 2. The van der Waals surface area contributed by atoms with Crippen LogP contribution in [0.2, 0.25) is 0 Å². The Balaban J connectivity index is 2.42. The highest BCUT2D eigenvalue weighted by molar-refractivity contribution is 6.18. The number of hydrogen-bond donors (Lipinski definition) is 0. The maximum atomic E-state index is 5.76. The van der Waals surface area contributed by atoms with Crippen molar-refractivity contribution in [3.63, 3.8) is 0 Å². The first-order valence-electron chi connectivity index (χ1n) is 6.44. The van der Waals surface area contributed by atoms with Gasteiger partial charge in [-0.05, 0) is 25.6 Å². The molecule has 0 heterocycles. The molecule has 0 aliphatic carbocycles. The first kappa shape index (κ1) is 15.1. The average molecular weight is 272 g/mol. The molecule has 0 fully saturated rings. The molecule has 1 rings (SSSR count). The van der Waals surface area contributed by atoms with Gasteiger partial charge in [0, 0.05) is 19.0 Å². The number of alkyl halides is 1. The lowest BCUT2D eigenvalue weighted by Crippen LogP contribution is -2.30. The van der Waals surface area contributed by atoms with E-state index in [0.29, 0.717) is 19.1 Å². The number of halogens is 1. The molecule has 0 aromatic heterocycles. The fraction of sp³-hybridized carbons (Fsp3) is 0.571. The Morgan fingerprint density at radius 2 is 1.72 bits per heavy atom. The molecule has 0 atom stereocenters. The minimum Gasteiger partial charge on any atom is -0.490 e. The van der Waals surface area contributed by atoms with E-state index in [1.165, 1.54) is 0 Å². The van der Waals surface area contributed by atoms with Gasteiger partial charge in [-0.2, -0.15) is 0 Å². The van der Waals surface area contributed by atoms with Crippen molar-refractivity contribution in [1.29, 1.82) is 0 Å². The molecule has 0 unspecified atom stereocenters. The number of likely N-dealkylation sites (N-methyl/N-ethyl adjacent to an activating group) is 1. The van der Waals surface area contributed by atoms with Gasteiger partial charge >= 0.3 is 0 Å². The second-order valence-corrected chi connectivity index (χ2v) is 4.23. The van der Waals surface area contributed by atoms with Gasteiger partial charge in [0.1, 0.15) is 6.61 Å². The zero-order valence-electron chi connectivity index (χ0n) is 11.2. The highest BCUT2D eigenvalue weighted by Gasteiger charge is 2.05. The second-order valence-electron chi connectivity index (χ2n) is 3.85. The van der Waals surface area contributed by atoms with Gasteiger partial charge in [0.25, 0.3) is 0 Å². The summed E-state index contributed by atoms with van der Waals surface area (Å²) in [6.45, 7) is 8.15. The molecule has 0 spiro atoms. The van der Waals surface area contributed by atoms with Crippen molar-refractivity contribution in [1.82, 2.24) is 4.90 Å². The molecular formula is C14H22ClNO2. The van der Waals surface area contributed by atoms with Crippen LogP contribution in [-0.2, 0) is 0 Å². The van der Waals surface area contributed by atoms with Gasteiger partial charge in [0.15, 0.2) is 11.5 Å². The van der Waals surface area contributed by atoms with Gasteiger partial charge in [-0.25, -0.2) is 0 Å². The van der Waals surface area contributed by atoms with Gasteiger partial charge in [-0.15, -0.1) is 11.6 Å². The summed E-state index contributed by atoms with van der Waals surface area (Å²) in [6.07, 6.45) is 0. The molecule has 0 bridgehead atoms. The van der Waals surface area contributed by atoms with Gasteiger partial charge in [-0.3, -0.25) is 4.90 Å². The second kappa shape index (κ2) is 9.06. The van der Waals surface area contributed by atoms with Gasteiger partial charge in [0.2, 0.25) is 0 Å². The van der Waals surface area contributed by atoms with Crippen molar-refractivity contribution in [2.45, 2.75) is 13.8 Å². The van der Waals surface area contributed by atoms with Crippen LogP contribution in [0.25, 0.3) is 0 Å². The lowest BCUT2D eigenvalue weighted by Gasteiger charge is -2.19. The van der Waals surface area contributed by atoms with Crippen molar-refractivity contribution in [2.75, 3.05) is 38.7 Å².